The van der Waals surface area contributed by atoms with Crippen LogP contribution in [0.2, 0.25) is 10.0 Å². The molecule has 0 saturated heterocycles. The Bertz CT molecular complexity index is 364. The molecule has 0 aromatic heterocycles. The van der Waals surface area contributed by atoms with Gasteiger partial charge in [0, 0.05) is 16.6 Å². The second kappa shape index (κ2) is 5.37. The Morgan fingerprint density at radius 2 is 2.06 bits per heavy atom. The second-order valence-corrected chi connectivity index (χ2v) is 5.20. The van der Waals surface area contributed by atoms with Gasteiger partial charge in [0.05, 0.1) is 6.10 Å². The van der Waals surface area contributed by atoms with Crippen molar-refractivity contribution in [3.8, 4) is 0 Å². The molecule has 16 heavy (non-hydrogen) atoms. The third-order valence-corrected chi connectivity index (χ3v) is 3.57. The third-order valence-electron chi connectivity index (χ3n) is 2.97. The molecule has 0 spiro atoms. The van der Waals surface area contributed by atoms with E-state index in [0.29, 0.717) is 10.9 Å². The van der Waals surface area contributed by atoms with Crippen LogP contribution in [-0.4, -0.2) is 17.8 Å². The van der Waals surface area contributed by atoms with Crippen molar-refractivity contribution in [1.29, 1.82) is 0 Å². The van der Waals surface area contributed by atoms with E-state index < -0.39 is 0 Å². The maximum Gasteiger partial charge on any atom is 0.0546 e. The number of benzene rings is 1. The van der Waals surface area contributed by atoms with Crippen molar-refractivity contribution in [3.63, 3.8) is 0 Å². The first-order valence-electron chi connectivity index (χ1n) is 5.48. The Balaban J connectivity index is 1.78. The molecular weight excluding hydrogens is 245 g/mol. The standard InChI is InChI=1S/C12H15Cl2NO/c13-10-1-2-12(14)9(5-10)7-15-6-8-3-11(16)4-8/h1-2,5,8,11,15-16H,3-4,6-7H2. The van der Waals surface area contributed by atoms with E-state index >= 15 is 0 Å². The van der Waals surface area contributed by atoms with E-state index in [0.717, 1.165) is 36.5 Å². The molecule has 2 rings (SSSR count). The van der Waals surface area contributed by atoms with Crippen LogP contribution in [-0.2, 0) is 6.54 Å². The molecule has 1 aromatic rings. The number of rotatable bonds is 4. The minimum atomic E-state index is -0.0819. The summed E-state index contributed by atoms with van der Waals surface area (Å²) < 4.78 is 0. The topological polar surface area (TPSA) is 32.3 Å². The van der Waals surface area contributed by atoms with Crippen LogP contribution in [0.4, 0.5) is 0 Å². The molecule has 2 nitrogen and oxygen atoms in total. The first-order valence-corrected chi connectivity index (χ1v) is 6.23. The van der Waals surface area contributed by atoms with Crippen molar-refractivity contribution < 1.29 is 5.11 Å². The number of hydrogen-bond donors (Lipinski definition) is 2. The fraction of sp³-hybridized carbons (Fsp3) is 0.500. The summed E-state index contributed by atoms with van der Waals surface area (Å²) in [4.78, 5) is 0. The lowest BCUT2D eigenvalue weighted by atomic mass is 9.82. The van der Waals surface area contributed by atoms with E-state index in [2.05, 4.69) is 5.32 Å². The van der Waals surface area contributed by atoms with Crippen molar-refractivity contribution in [2.24, 2.45) is 5.92 Å². The van der Waals surface area contributed by atoms with Crippen molar-refractivity contribution >= 4 is 23.2 Å². The quantitative estimate of drug-likeness (QED) is 0.872. The number of aliphatic hydroxyl groups excluding tert-OH is 1. The average molecular weight is 260 g/mol. The Hall–Kier alpha value is -0.280. The van der Waals surface area contributed by atoms with Gasteiger partial charge >= 0.3 is 0 Å². The summed E-state index contributed by atoms with van der Waals surface area (Å²) in [6.07, 6.45) is 1.74. The van der Waals surface area contributed by atoms with Gasteiger partial charge in [-0.25, -0.2) is 0 Å². The van der Waals surface area contributed by atoms with Crippen LogP contribution in [0.25, 0.3) is 0 Å². The van der Waals surface area contributed by atoms with Gasteiger partial charge in [-0.15, -0.1) is 0 Å². The normalized spacial score (nSPS) is 24.2. The van der Waals surface area contributed by atoms with Crippen LogP contribution in [0, 0.1) is 5.92 Å². The summed E-state index contributed by atoms with van der Waals surface area (Å²) in [5.74, 6) is 0.605. The molecule has 1 aromatic carbocycles. The van der Waals surface area contributed by atoms with Gasteiger partial charge in [0.15, 0.2) is 0 Å². The molecule has 1 saturated carbocycles. The lowest BCUT2D eigenvalue weighted by Crippen LogP contribution is -2.35. The zero-order chi connectivity index (χ0) is 11.5. The predicted octanol–water partition coefficient (Wildman–Crippen LogP) is 2.85. The lowest BCUT2D eigenvalue weighted by Gasteiger charge is -2.31. The Morgan fingerprint density at radius 3 is 2.75 bits per heavy atom. The molecule has 0 unspecified atom stereocenters. The van der Waals surface area contributed by atoms with Gasteiger partial charge in [0.2, 0.25) is 0 Å². The zero-order valence-corrected chi connectivity index (χ0v) is 10.4. The first-order chi connectivity index (χ1) is 7.65. The second-order valence-electron chi connectivity index (χ2n) is 4.36. The Labute approximate surface area is 106 Å². The van der Waals surface area contributed by atoms with Crippen LogP contribution in [0.1, 0.15) is 18.4 Å². The van der Waals surface area contributed by atoms with Crippen molar-refractivity contribution in [1.82, 2.24) is 5.32 Å². The monoisotopic (exact) mass is 259 g/mol. The van der Waals surface area contributed by atoms with Crippen LogP contribution >= 0.6 is 23.2 Å². The van der Waals surface area contributed by atoms with E-state index in [4.69, 9.17) is 28.3 Å². The van der Waals surface area contributed by atoms with Gasteiger partial charge in [0.25, 0.3) is 0 Å². The smallest absolute Gasteiger partial charge is 0.0546 e. The summed E-state index contributed by atoms with van der Waals surface area (Å²) in [6.45, 7) is 1.66. The largest absolute Gasteiger partial charge is 0.393 e. The van der Waals surface area contributed by atoms with E-state index in [9.17, 15) is 0 Å². The van der Waals surface area contributed by atoms with Crippen molar-refractivity contribution in [2.45, 2.75) is 25.5 Å². The van der Waals surface area contributed by atoms with E-state index in [1.807, 2.05) is 12.1 Å². The SMILES string of the molecule is OC1CC(CNCc2cc(Cl)ccc2Cl)C1. The highest BCUT2D eigenvalue weighted by Gasteiger charge is 2.26. The van der Waals surface area contributed by atoms with Gasteiger partial charge in [-0.1, -0.05) is 23.2 Å². The summed E-state index contributed by atoms with van der Waals surface area (Å²) in [5.41, 5.74) is 1.02. The molecule has 0 atom stereocenters. The average Bonchev–Trinajstić information content (AvgIpc) is 2.20. The molecule has 2 N–H and O–H groups in total. The predicted molar refractivity (Wildman–Crippen MR) is 66.9 cm³/mol. The highest BCUT2D eigenvalue weighted by Crippen LogP contribution is 2.26. The van der Waals surface area contributed by atoms with E-state index in [1.165, 1.54) is 0 Å². The molecule has 0 amide bonds. The zero-order valence-electron chi connectivity index (χ0n) is 8.92. The first kappa shape index (κ1) is 12.2. The summed E-state index contributed by atoms with van der Waals surface area (Å²) in [5, 5.41) is 13.9. The van der Waals surface area contributed by atoms with Gasteiger partial charge < -0.3 is 10.4 Å². The van der Waals surface area contributed by atoms with Gasteiger partial charge in [-0.2, -0.15) is 0 Å². The third kappa shape index (κ3) is 3.11. The lowest BCUT2D eigenvalue weighted by molar-refractivity contribution is 0.0430. The van der Waals surface area contributed by atoms with Gasteiger partial charge in [0.1, 0.15) is 0 Å². The molecule has 4 heteroatoms. The molecule has 0 aliphatic heterocycles. The molecule has 0 heterocycles. The molecule has 1 aliphatic carbocycles. The van der Waals surface area contributed by atoms with Gasteiger partial charge in [-0.3, -0.25) is 0 Å². The van der Waals surface area contributed by atoms with Crippen LogP contribution in [0.3, 0.4) is 0 Å². The van der Waals surface area contributed by atoms with Crippen molar-refractivity contribution in [3.05, 3.63) is 33.8 Å². The summed E-state index contributed by atoms with van der Waals surface area (Å²) in [6, 6.07) is 5.48. The van der Waals surface area contributed by atoms with Crippen LogP contribution in [0.15, 0.2) is 18.2 Å². The number of halogens is 2. The van der Waals surface area contributed by atoms with Gasteiger partial charge in [-0.05, 0) is 49.1 Å². The van der Waals surface area contributed by atoms with Crippen molar-refractivity contribution in [2.75, 3.05) is 6.54 Å². The summed E-state index contributed by atoms with van der Waals surface area (Å²) in [7, 11) is 0. The molecular formula is C12H15Cl2NO. The Kier molecular flexibility index (Phi) is 4.09. The summed E-state index contributed by atoms with van der Waals surface area (Å²) >= 11 is 11.9. The number of hydrogen-bond acceptors (Lipinski definition) is 2. The fourth-order valence-corrected chi connectivity index (χ4v) is 2.34. The minimum absolute atomic E-state index is 0.0819. The molecule has 1 fully saturated rings. The molecule has 0 bridgehead atoms. The maximum absolute atomic E-state index is 9.15. The molecule has 0 radical (unpaired) electrons. The Morgan fingerprint density at radius 1 is 1.31 bits per heavy atom. The number of nitrogens with one attached hydrogen (secondary N) is 1. The maximum atomic E-state index is 9.15. The van der Waals surface area contributed by atoms with Crippen LogP contribution in [0.5, 0.6) is 0 Å². The molecule has 88 valence electrons. The minimum Gasteiger partial charge on any atom is -0.393 e. The molecule has 1 aliphatic rings. The van der Waals surface area contributed by atoms with E-state index in [1.54, 1.807) is 6.07 Å². The van der Waals surface area contributed by atoms with Crippen LogP contribution < -0.4 is 5.32 Å². The highest BCUT2D eigenvalue weighted by molar-refractivity contribution is 6.33. The fourth-order valence-electron chi connectivity index (χ4n) is 1.96. The number of aliphatic hydroxyl groups is 1. The highest BCUT2D eigenvalue weighted by atomic mass is 35.5. The van der Waals surface area contributed by atoms with E-state index in [-0.39, 0.29) is 6.10 Å².